The van der Waals surface area contributed by atoms with Crippen molar-refractivity contribution in [2.24, 2.45) is 17.8 Å². The van der Waals surface area contributed by atoms with E-state index in [2.05, 4.69) is 26.1 Å². The smallest absolute Gasteiger partial charge is 0.248 e. The maximum Gasteiger partial charge on any atom is 0.248 e. The van der Waals surface area contributed by atoms with Crippen LogP contribution in [0.5, 0.6) is 0 Å². The van der Waals surface area contributed by atoms with Crippen molar-refractivity contribution >= 4 is 0 Å². The second-order valence-corrected chi connectivity index (χ2v) is 6.22. The van der Waals surface area contributed by atoms with E-state index in [-0.39, 0.29) is 24.8 Å². The number of alkyl halides is 2. The molecular weight excluding hydrogens is 220 g/mol. The van der Waals surface area contributed by atoms with E-state index in [0.717, 1.165) is 6.42 Å². The summed E-state index contributed by atoms with van der Waals surface area (Å²) in [6.45, 7) is 6.67. The molecule has 3 atom stereocenters. The molecule has 0 spiro atoms. The molecule has 0 radical (unpaired) electrons. The Morgan fingerprint density at radius 3 is 2.29 bits per heavy atom. The van der Waals surface area contributed by atoms with Crippen molar-refractivity contribution in [1.29, 1.82) is 0 Å². The van der Waals surface area contributed by atoms with Crippen LogP contribution < -0.4 is 5.32 Å². The van der Waals surface area contributed by atoms with Crippen LogP contribution in [0.25, 0.3) is 0 Å². The summed E-state index contributed by atoms with van der Waals surface area (Å²) in [7, 11) is 1.91. The van der Waals surface area contributed by atoms with Gasteiger partial charge in [0.1, 0.15) is 0 Å². The Morgan fingerprint density at radius 2 is 1.88 bits per heavy atom. The predicted molar refractivity (Wildman–Crippen MR) is 68.4 cm³/mol. The Bertz CT molecular complexity index is 228. The van der Waals surface area contributed by atoms with Gasteiger partial charge in [-0.15, -0.1) is 0 Å². The lowest BCUT2D eigenvalue weighted by Crippen LogP contribution is -2.34. The topological polar surface area (TPSA) is 12.0 Å². The molecule has 0 aliphatic heterocycles. The van der Waals surface area contributed by atoms with Crippen molar-refractivity contribution in [1.82, 2.24) is 5.32 Å². The highest BCUT2D eigenvalue weighted by atomic mass is 19.3. The lowest BCUT2D eigenvalue weighted by atomic mass is 9.86. The molecule has 0 aromatic carbocycles. The summed E-state index contributed by atoms with van der Waals surface area (Å²) < 4.78 is 26.4. The van der Waals surface area contributed by atoms with Crippen molar-refractivity contribution in [3.05, 3.63) is 0 Å². The zero-order chi connectivity index (χ0) is 13.1. The third kappa shape index (κ3) is 4.90. The third-order valence-electron chi connectivity index (χ3n) is 3.91. The van der Waals surface area contributed by atoms with E-state index >= 15 is 0 Å². The molecule has 1 rings (SSSR count). The number of rotatable bonds is 6. The highest BCUT2D eigenvalue weighted by Crippen LogP contribution is 2.41. The summed E-state index contributed by atoms with van der Waals surface area (Å²) in [5.74, 6) is -0.958. The molecule has 0 heterocycles. The van der Waals surface area contributed by atoms with Crippen LogP contribution in [-0.2, 0) is 0 Å². The van der Waals surface area contributed by atoms with E-state index in [1.807, 2.05) is 7.05 Å². The Kier molecular flexibility index (Phi) is 5.36. The minimum Gasteiger partial charge on any atom is -0.317 e. The van der Waals surface area contributed by atoms with Crippen LogP contribution in [0.15, 0.2) is 0 Å². The van der Waals surface area contributed by atoms with Crippen LogP contribution in [0.4, 0.5) is 8.78 Å². The highest BCUT2D eigenvalue weighted by molar-refractivity contribution is 4.88. The molecule has 17 heavy (non-hydrogen) atoms. The Balaban J connectivity index is 2.43. The van der Waals surface area contributed by atoms with Crippen molar-refractivity contribution in [3.8, 4) is 0 Å². The van der Waals surface area contributed by atoms with Gasteiger partial charge in [0.25, 0.3) is 0 Å². The first-order valence-electron chi connectivity index (χ1n) is 6.89. The quantitative estimate of drug-likeness (QED) is 0.745. The first-order valence-corrected chi connectivity index (χ1v) is 6.89. The first-order chi connectivity index (χ1) is 7.84. The van der Waals surface area contributed by atoms with Crippen LogP contribution in [0.3, 0.4) is 0 Å². The maximum absolute atomic E-state index is 13.2. The number of hydrogen-bond acceptors (Lipinski definition) is 1. The minimum absolute atomic E-state index is 0.0763. The second-order valence-electron chi connectivity index (χ2n) is 6.22. The van der Waals surface area contributed by atoms with E-state index in [0.29, 0.717) is 18.3 Å². The predicted octanol–water partition coefficient (Wildman–Crippen LogP) is 4.08. The number of hydrogen-bond donors (Lipinski definition) is 1. The molecule has 0 bridgehead atoms. The van der Waals surface area contributed by atoms with Gasteiger partial charge >= 0.3 is 0 Å². The van der Waals surface area contributed by atoms with Gasteiger partial charge in [-0.3, -0.25) is 0 Å². The van der Waals surface area contributed by atoms with Crippen LogP contribution >= 0.6 is 0 Å². The molecule has 0 aromatic rings. The van der Waals surface area contributed by atoms with Gasteiger partial charge in [0, 0.05) is 18.9 Å². The molecule has 1 N–H and O–H groups in total. The van der Waals surface area contributed by atoms with Gasteiger partial charge in [0.05, 0.1) is 0 Å². The number of halogens is 2. The molecule has 1 fully saturated rings. The molecule has 1 nitrogen and oxygen atoms in total. The molecule has 1 aliphatic carbocycles. The van der Waals surface area contributed by atoms with Crippen molar-refractivity contribution < 1.29 is 8.78 Å². The van der Waals surface area contributed by atoms with Gasteiger partial charge in [-0.1, -0.05) is 20.8 Å². The molecule has 0 amide bonds. The molecule has 3 heteroatoms. The number of nitrogens with one attached hydrogen (secondary N) is 1. The van der Waals surface area contributed by atoms with Gasteiger partial charge in [-0.25, -0.2) is 8.78 Å². The Hall–Kier alpha value is -0.180. The molecule has 102 valence electrons. The van der Waals surface area contributed by atoms with Crippen LogP contribution in [0.2, 0.25) is 0 Å². The van der Waals surface area contributed by atoms with Gasteiger partial charge in [0.2, 0.25) is 5.92 Å². The van der Waals surface area contributed by atoms with E-state index in [1.54, 1.807) is 0 Å². The van der Waals surface area contributed by atoms with Gasteiger partial charge < -0.3 is 5.32 Å². The molecule has 0 saturated heterocycles. The van der Waals surface area contributed by atoms with Crippen molar-refractivity contribution in [2.75, 3.05) is 7.05 Å². The third-order valence-corrected chi connectivity index (χ3v) is 3.91. The van der Waals surface area contributed by atoms with E-state index in [1.165, 1.54) is 6.42 Å². The molecule has 0 aromatic heterocycles. The first kappa shape index (κ1) is 14.9. The van der Waals surface area contributed by atoms with E-state index in [9.17, 15) is 8.78 Å². The zero-order valence-corrected chi connectivity index (χ0v) is 11.6. The Morgan fingerprint density at radius 1 is 1.24 bits per heavy atom. The highest BCUT2D eigenvalue weighted by Gasteiger charge is 2.42. The van der Waals surface area contributed by atoms with Crippen LogP contribution in [0.1, 0.15) is 52.9 Å². The Labute approximate surface area is 104 Å². The van der Waals surface area contributed by atoms with Crippen LogP contribution in [-0.4, -0.2) is 19.0 Å². The summed E-state index contributed by atoms with van der Waals surface area (Å²) in [5.41, 5.74) is 0. The fraction of sp³-hybridized carbons (Fsp3) is 1.00. The van der Waals surface area contributed by atoms with Gasteiger partial charge in [-0.05, 0) is 44.1 Å². The summed E-state index contributed by atoms with van der Waals surface area (Å²) in [6.07, 6.45) is 3.03. The minimum atomic E-state index is -2.42. The lowest BCUT2D eigenvalue weighted by Gasteiger charge is -2.26. The van der Waals surface area contributed by atoms with Crippen LogP contribution in [0, 0.1) is 17.8 Å². The fourth-order valence-electron chi connectivity index (χ4n) is 3.21. The van der Waals surface area contributed by atoms with E-state index in [4.69, 9.17) is 0 Å². The molecule has 1 saturated carbocycles. The average molecular weight is 247 g/mol. The van der Waals surface area contributed by atoms with Gasteiger partial charge in [0.15, 0.2) is 0 Å². The molecule has 1 aliphatic rings. The monoisotopic (exact) mass is 247 g/mol. The van der Waals surface area contributed by atoms with Crippen molar-refractivity contribution in [2.45, 2.75) is 64.8 Å². The summed E-state index contributed by atoms with van der Waals surface area (Å²) in [5, 5.41) is 3.25. The molecular formula is C14H27F2N. The largest absolute Gasteiger partial charge is 0.317 e. The van der Waals surface area contributed by atoms with Gasteiger partial charge in [-0.2, -0.15) is 0 Å². The summed E-state index contributed by atoms with van der Waals surface area (Å²) in [6, 6.07) is 0.261. The average Bonchev–Trinajstić information content (AvgIpc) is 2.54. The maximum atomic E-state index is 13.2. The second kappa shape index (κ2) is 6.12. The summed E-state index contributed by atoms with van der Waals surface area (Å²) >= 11 is 0. The SMILES string of the molecule is CNC(CC(C)CC(C)C)C1CCC(F)(F)C1. The molecule has 3 unspecified atom stereocenters. The normalized spacial score (nSPS) is 27.4. The standard InChI is InChI=1S/C14H27F2N/c1-10(2)7-11(3)8-13(17-4)12-5-6-14(15,16)9-12/h10-13,17H,5-9H2,1-4H3. The van der Waals surface area contributed by atoms with E-state index < -0.39 is 5.92 Å². The zero-order valence-electron chi connectivity index (χ0n) is 11.6. The fourth-order valence-corrected chi connectivity index (χ4v) is 3.21. The summed E-state index contributed by atoms with van der Waals surface area (Å²) in [4.78, 5) is 0. The lowest BCUT2D eigenvalue weighted by molar-refractivity contribution is 0.00297. The van der Waals surface area contributed by atoms with Crippen molar-refractivity contribution in [3.63, 3.8) is 0 Å².